The number of sulfonamides is 1. The molecule has 1 aliphatic rings. The smallest absolute Gasteiger partial charge is 0.269 e. The van der Waals surface area contributed by atoms with E-state index in [4.69, 9.17) is 0 Å². The van der Waals surface area contributed by atoms with Crippen LogP contribution in [0.3, 0.4) is 0 Å². The molecule has 1 atom stereocenters. The minimum absolute atomic E-state index is 0.0511. The molecule has 0 bridgehead atoms. The lowest BCUT2D eigenvalue weighted by Gasteiger charge is -2.23. The highest BCUT2D eigenvalue weighted by molar-refractivity contribution is 7.93. The largest absolute Gasteiger partial charge is 0.315 e. The first kappa shape index (κ1) is 14.7. The molecule has 1 aromatic rings. The zero-order valence-corrected chi connectivity index (χ0v) is 11.9. The number of benzene rings is 1. The molecule has 20 heavy (non-hydrogen) atoms. The van der Waals surface area contributed by atoms with Crippen molar-refractivity contribution in [2.75, 3.05) is 17.8 Å². The number of piperidine rings is 1. The number of nitro benzene ring substituents is 1. The highest BCUT2D eigenvalue weighted by Gasteiger charge is 2.27. The first-order valence-electron chi connectivity index (χ1n) is 6.37. The topological polar surface area (TPSA) is 101 Å². The maximum absolute atomic E-state index is 12.2. The van der Waals surface area contributed by atoms with Crippen LogP contribution in [0.25, 0.3) is 0 Å². The van der Waals surface area contributed by atoms with Crippen molar-refractivity contribution >= 4 is 21.4 Å². The Hall–Kier alpha value is -1.67. The summed E-state index contributed by atoms with van der Waals surface area (Å²) in [7, 11) is -3.47. The van der Waals surface area contributed by atoms with Crippen molar-refractivity contribution in [1.29, 1.82) is 0 Å². The number of non-ortho nitro benzene ring substituents is 1. The normalized spacial score (nSPS) is 19.6. The Balaban J connectivity index is 2.18. The second-order valence-electron chi connectivity index (χ2n) is 4.87. The predicted octanol–water partition coefficient (Wildman–Crippen LogP) is 1.40. The summed E-state index contributed by atoms with van der Waals surface area (Å²) in [6.07, 6.45) is 1.44. The summed E-state index contributed by atoms with van der Waals surface area (Å²) < 4.78 is 27.0. The molecule has 1 aromatic carbocycles. The van der Waals surface area contributed by atoms with Crippen LogP contribution in [0.15, 0.2) is 18.2 Å². The first-order chi connectivity index (χ1) is 9.40. The van der Waals surface area contributed by atoms with Crippen molar-refractivity contribution in [2.45, 2.75) is 25.0 Å². The van der Waals surface area contributed by atoms with Gasteiger partial charge in [0.25, 0.3) is 5.69 Å². The van der Waals surface area contributed by atoms with E-state index >= 15 is 0 Å². The Morgan fingerprint density at radius 3 is 2.75 bits per heavy atom. The quantitative estimate of drug-likeness (QED) is 0.646. The number of aryl methyl sites for hydroxylation is 1. The van der Waals surface area contributed by atoms with E-state index in [0.29, 0.717) is 24.2 Å². The van der Waals surface area contributed by atoms with E-state index in [0.717, 1.165) is 13.0 Å². The molecule has 1 unspecified atom stereocenters. The highest BCUT2D eigenvalue weighted by Crippen LogP contribution is 2.24. The van der Waals surface area contributed by atoms with Crippen LogP contribution >= 0.6 is 0 Å². The van der Waals surface area contributed by atoms with E-state index < -0.39 is 20.2 Å². The lowest BCUT2D eigenvalue weighted by atomic mass is 10.2. The maximum Gasteiger partial charge on any atom is 0.269 e. The van der Waals surface area contributed by atoms with E-state index in [9.17, 15) is 18.5 Å². The van der Waals surface area contributed by atoms with E-state index in [2.05, 4.69) is 10.0 Å². The Kier molecular flexibility index (Phi) is 4.24. The van der Waals surface area contributed by atoms with Gasteiger partial charge >= 0.3 is 0 Å². The third kappa shape index (κ3) is 3.26. The third-order valence-corrected chi connectivity index (χ3v) is 5.15. The van der Waals surface area contributed by atoms with Gasteiger partial charge in [0.05, 0.1) is 15.9 Å². The molecule has 8 heteroatoms. The summed E-state index contributed by atoms with van der Waals surface area (Å²) >= 11 is 0. The van der Waals surface area contributed by atoms with Gasteiger partial charge in [-0.1, -0.05) is 0 Å². The molecule has 1 fully saturated rings. The van der Waals surface area contributed by atoms with Crippen LogP contribution in [0.1, 0.15) is 18.4 Å². The molecule has 1 heterocycles. The summed E-state index contributed by atoms with van der Waals surface area (Å²) in [5.74, 6) is 0. The van der Waals surface area contributed by atoms with Crippen molar-refractivity contribution in [1.82, 2.24) is 5.32 Å². The Labute approximate surface area is 117 Å². The van der Waals surface area contributed by atoms with Crippen LogP contribution in [-0.2, 0) is 10.0 Å². The zero-order chi connectivity index (χ0) is 14.8. The average Bonchev–Trinajstić information content (AvgIpc) is 2.41. The second kappa shape index (κ2) is 5.76. The van der Waals surface area contributed by atoms with Crippen molar-refractivity contribution < 1.29 is 13.3 Å². The molecule has 0 spiro atoms. The number of nitro groups is 1. The SMILES string of the molecule is Cc1cc([N+](=O)[O-])ccc1NS(=O)(=O)C1CCCNC1. The van der Waals surface area contributed by atoms with Gasteiger partial charge in [-0.05, 0) is 37.9 Å². The van der Waals surface area contributed by atoms with Gasteiger partial charge in [0, 0.05) is 18.7 Å². The van der Waals surface area contributed by atoms with Gasteiger partial charge in [-0.2, -0.15) is 0 Å². The molecule has 1 aliphatic heterocycles. The number of hydrogen-bond acceptors (Lipinski definition) is 5. The van der Waals surface area contributed by atoms with Crippen LogP contribution in [0.5, 0.6) is 0 Å². The van der Waals surface area contributed by atoms with E-state index in [1.54, 1.807) is 6.92 Å². The molecule has 2 N–H and O–H groups in total. The molecular weight excluding hydrogens is 282 g/mol. The summed E-state index contributed by atoms with van der Waals surface area (Å²) in [6.45, 7) is 2.91. The number of anilines is 1. The molecule has 110 valence electrons. The lowest BCUT2D eigenvalue weighted by Crippen LogP contribution is -2.41. The van der Waals surface area contributed by atoms with Gasteiger partial charge in [0.2, 0.25) is 10.0 Å². The molecule has 0 aliphatic carbocycles. The fraction of sp³-hybridized carbons (Fsp3) is 0.500. The first-order valence-corrected chi connectivity index (χ1v) is 7.92. The lowest BCUT2D eigenvalue weighted by molar-refractivity contribution is -0.384. The summed E-state index contributed by atoms with van der Waals surface area (Å²) in [5, 5.41) is 13.2. The molecule has 0 saturated carbocycles. The predicted molar refractivity (Wildman–Crippen MR) is 76.3 cm³/mol. The van der Waals surface area contributed by atoms with Gasteiger partial charge in [-0.15, -0.1) is 0 Å². The maximum atomic E-state index is 12.2. The van der Waals surface area contributed by atoms with E-state index in [1.807, 2.05) is 0 Å². The molecule has 0 aromatic heterocycles. The molecule has 2 rings (SSSR count). The zero-order valence-electron chi connectivity index (χ0n) is 11.1. The van der Waals surface area contributed by atoms with E-state index in [1.165, 1.54) is 18.2 Å². The van der Waals surface area contributed by atoms with Crippen molar-refractivity contribution in [3.8, 4) is 0 Å². The summed E-state index contributed by atoms with van der Waals surface area (Å²) in [5.41, 5.74) is 0.873. The van der Waals surface area contributed by atoms with Crippen LogP contribution in [0, 0.1) is 17.0 Å². The van der Waals surface area contributed by atoms with Crippen molar-refractivity contribution in [2.24, 2.45) is 0 Å². The Morgan fingerprint density at radius 1 is 1.45 bits per heavy atom. The number of nitrogens with one attached hydrogen (secondary N) is 2. The average molecular weight is 299 g/mol. The Morgan fingerprint density at radius 2 is 2.20 bits per heavy atom. The molecule has 7 nitrogen and oxygen atoms in total. The molecular formula is C12H17N3O4S. The van der Waals surface area contributed by atoms with Gasteiger partial charge < -0.3 is 5.32 Å². The van der Waals surface area contributed by atoms with Crippen molar-refractivity contribution in [3.63, 3.8) is 0 Å². The summed E-state index contributed by atoms with van der Waals surface area (Å²) in [6, 6.07) is 4.09. The monoisotopic (exact) mass is 299 g/mol. The van der Waals surface area contributed by atoms with Gasteiger partial charge in [0.1, 0.15) is 0 Å². The minimum Gasteiger partial charge on any atom is -0.315 e. The third-order valence-electron chi connectivity index (χ3n) is 3.36. The minimum atomic E-state index is -3.47. The van der Waals surface area contributed by atoms with E-state index in [-0.39, 0.29) is 5.69 Å². The number of rotatable bonds is 4. The van der Waals surface area contributed by atoms with Gasteiger partial charge in [0.15, 0.2) is 0 Å². The fourth-order valence-electron chi connectivity index (χ4n) is 2.20. The second-order valence-corrected chi connectivity index (χ2v) is 6.83. The van der Waals surface area contributed by atoms with Crippen LogP contribution in [-0.4, -0.2) is 31.7 Å². The standard InChI is InChI=1S/C12H17N3O4S/c1-9-7-10(15(16)17)4-5-12(9)14-20(18,19)11-3-2-6-13-8-11/h4-5,7,11,13-14H,2-3,6,8H2,1H3. The van der Waals surface area contributed by atoms with Crippen LogP contribution < -0.4 is 10.0 Å². The highest BCUT2D eigenvalue weighted by atomic mass is 32.2. The Bertz CT molecular complexity index is 609. The molecule has 0 amide bonds. The molecule has 0 radical (unpaired) electrons. The summed E-state index contributed by atoms with van der Waals surface area (Å²) in [4.78, 5) is 10.2. The van der Waals surface area contributed by atoms with Gasteiger partial charge in [-0.3, -0.25) is 14.8 Å². The number of nitrogens with zero attached hydrogens (tertiary/aromatic N) is 1. The van der Waals surface area contributed by atoms with Gasteiger partial charge in [-0.25, -0.2) is 8.42 Å². The van der Waals surface area contributed by atoms with Crippen LogP contribution in [0.2, 0.25) is 0 Å². The fourth-order valence-corrected chi connectivity index (χ4v) is 3.71. The van der Waals surface area contributed by atoms with Crippen LogP contribution in [0.4, 0.5) is 11.4 Å². The molecule has 1 saturated heterocycles. The number of hydrogen-bond donors (Lipinski definition) is 2. The van der Waals surface area contributed by atoms with Crippen molar-refractivity contribution in [3.05, 3.63) is 33.9 Å².